The van der Waals surface area contributed by atoms with Crippen LogP contribution in [0.3, 0.4) is 0 Å². The summed E-state index contributed by atoms with van der Waals surface area (Å²) in [6.45, 7) is 31.2. The summed E-state index contributed by atoms with van der Waals surface area (Å²) in [6, 6.07) is 10.4. The molecule has 13 nitrogen and oxygen atoms in total. The molecule has 5 aliphatic heterocycles. The van der Waals surface area contributed by atoms with E-state index in [1.54, 1.807) is 0 Å². The molecule has 6 rings (SSSR count). The topological polar surface area (TPSA) is 102 Å². The van der Waals surface area contributed by atoms with Crippen molar-refractivity contribution in [3.8, 4) is 0 Å². The zero-order valence-corrected chi connectivity index (χ0v) is 44.2. The predicted molar refractivity (Wildman–Crippen MR) is 220 cm³/mol. The molecule has 0 saturated carbocycles. The summed E-state index contributed by atoms with van der Waals surface area (Å²) in [5, 5.41) is 0. The van der Waals surface area contributed by atoms with E-state index in [0.29, 0.717) is 13.2 Å². The van der Waals surface area contributed by atoms with Crippen molar-refractivity contribution in [1.82, 2.24) is 9.80 Å². The molecule has 16 heteroatoms. The summed E-state index contributed by atoms with van der Waals surface area (Å²) >= 11 is -10.2. The average molecular weight is 1090 g/mol. The van der Waals surface area contributed by atoms with Gasteiger partial charge in [0, 0.05) is 0 Å². The second-order valence-electron chi connectivity index (χ2n) is 15.6. The Morgan fingerprint density at radius 3 is 1.43 bits per heavy atom. The molecule has 1 aromatic carbocycles. The summed E-state index contributed by atoms with van der Waals surface area (Å²) in [6.07, 6.45) is 3.27. The number of nitrogens with zero attached hydrogens (tertiary/aromatic N) is 3. The van der Waals surface area contributed by atoms with Crippen LogP contribution >= 0.6 is 0 Å². The number of fused-ring (bicyclic) bond motifs is 6. The third kappa shape index (κ3) is 18.9. The first-order valence-electron chi connectivity index (χ1n) is 20.4. The molecule has 2 bridgehead atoms. The van der Waals surface area contributed by atoms with Crippen LogP contribution in [0.2, 0.25) is 9.88 Å². The first kappa shape index (κ1) is 49.3. The van der Waals surface area contributed by atoms with Crippen LogP contribution in [-0.2, 0) is 30.7 Å². The minimum atomic E-state index is -3.86. The standard InChI is InChI=1S/C10H13NO2.C9H18NO3.C8H17NO2.3C3H7O.2CH3.3Sn/c12-8-6-11(7-9-13)10-4-2-1-3-5-10;1-7(11)4-10(5-8(2)12)6-9(3)13;1-2-3-4-9(5-7-10)6-8-11;3*1-3(2)4;;;;;/h1-5H,6-9H2;7-9H,4-6H2,1-3H3;2-8H2,1H3;3*3H,1-2H3;2*1H3;;;/q-2;-3;-2;3*-1;;;2*+3;+4. The van der Waals surface area contributed by atoms with E-state index >= 15 is 0 Å². The fraction of sp³-hybridized carbons (Fsp3) is 0.842. The van der Waals surface area contributed by atoms with Crippen LogP contribution in [0.1, 0.15) is 82.1 Å². The Kier molecular flexibility index (Phi) is 22.7. The Balaban J connectivity index is 0.000000218. The van der Waals surface area contributed by atoms with Crippen molar-refractivity contribution in [3.63, 3.8) is 0 Å². The van der Waals surface area contributed by atoms with Crippen LogP contribution in [0.5, 0.6) is 0 Å². The van der Waals surface area contributed by atoms with E-state index in [-0.39, 0.29) is 36.6 Å². The van der Waals surface area contributed by atoms with Crippen molar-refractivity contribution in [1.29, 1.82) is 0 Å². The molecule has 54 heavy (non-hydrogen) atoms. The summed E-state index contributed by atoms with van der Waals surface area (Å²) in [5.74, 6) is 0. The Labute approximate surface area is 345 Å². The first-order valence-corrected chi connectivity index (χ1v) is 37.8. The average Bonchev–Trinajstić information content (AvgIpc) is 3.02. The minimum absolute atomic E-state index is 0.0716. The van der Waals surface area contributed by atoms with Crippen LogP contribution in [0.4, 0.5) is 5.69 Å². The van der Waals surface area contributed by atoms with Crippen molar-refractivity contribution >= 4 is 65.0 Å². The van der Waals surface area contributed by atoms with E-state index in [2.05, 4.69) is 71.6 Å². The number of para-hydroxylation sites is 1. The Morgan fingerprint density at radius 1 is 0.630 bits per heavy atom. The summed E-state index contributed by atoms with van der Waals surface area (Å²) in [5.41, 5.74) is 1.22. The molecule has 3 atom stereocenters. The van der Waals surface area contributed by atoms with Gasteiger partial charge < -0.3 is 0 Å². The van der Waals surface area contributed by atoms with Gasteiger partial charge >= 0.3 is 348 Å². The molecule has 3 unspecified atom stereocenters. The molecule has 0 radical (unpaired) electrons. The predicted octanol–water partition coefficient (Wildman–Crippen LogP) is 6.05. The Morgan fingerprint density at radius 2 is 1.04 bits per heavy atom. The van der Waals surface area contributed by atoms with Crippen molar-refractivity contribution in [3.05, 3.63) is 30.3 Å². The summed E-state index contributed by atoms with van der Waals surface area (Å²) in [4.78, 5) is 11.2. The number of rotatable bonds is 10. The van der Waals surface area contributed by atoms with Gasteiger partial charge in [0.1, 0.15) is 0 Å². The molecule has 0 aliphatic carbocycles. The van der Waals surface area contributed by atoms with Gasteiger partial charge in [-0.05, 0) is 0 Å². The van der Waals surface area contributed by atoms with Crippen LogP contribution in [0, 0.1) is 0 Å². The Bertz CT molecular complexity index is 1100. The van der Waals surface area contributed by atoms with E-state index in [1.165, 1.54) is 18.5 Å². The second-order valence-corrected chi connectivity index (χ2v) is 35.7. The molecule has 5 fully saturated rings. The van der Waals surface area contributed by atoms with E-state index in [4.69, 9.17) is 30.7 Å². The van der Waals surface area contributed by atoms with Crippen LogP contribution in [-0.4, -0.2) is 184 Å². The van der Waals surface area contributed by atoms with Gasteiger partial charge in [-0.2, -0.15) is 0 Å². The van der Waals surface area contributed by atoms with Crippen molar-refractivity contribution in [2.24, 2.45) is 0 Å². The van der Waals surface area contributed by atoms with Gasteiger partial charge in [-0.1, -0.05) is 0 Å². The normalized spacial score (nSPS) is 29.4. The maximum absolute atomic E-state index is 6.10. The summed E-state index contributed by atoms with van der Waals surface area (Å²) in [7, 11) is 0. The third-order valence-electron chi connectivity index (χ3n) is 8.81. The molecule has 5 saturated heterocycles. The molecule has 0 spiro atoms. The fourth-order valence-electron chi connectivity index (χ4n) is 6.83. The number of hydrogen-bond donors (Lipinski definition) is 0. The van der Waals surface area contributed by atoms with E-state index in [9.17, 15) is 0 Å². The molecular formula is C38H75N3O10Sn3. The fourth-order valence-corrected chi connectivity index (χ4v) is 25.7. The van der Waals surface area contributed by atoms with Gasteiger partial charge in [0.25, 0.3) is 0 Å². The maximum atomic E-state index is 6.10. The molecular weight excluding hydrogens is 1010 g/mol. The molecule has 1 aromatic rings. The number of anilines is 1. The third-order valence-corrected chi connectivity index (χ3v) is 30.3. The zero-order valence-electron chi connectivity index (χ0n) is 35.7. The Hall–Kier alpha value is 0.936. The van der Waals surface area contributed by atoms with Gasteiger partial charge in [0.05, 0.1) is 0 Å². The summed E-state index contributed by atoms with van der Waals surface area (Å²) < 4.78 is 59.8. The van der Waals surface area contributed by atoms with Gasteiger partial charge in [0.15, 0.2) is 0 Å². The molecule has 0 N–H and O–H groups in total. The number of benzene rings is 1. The van der Waals surface area contributed by atoms with Crippen LogP contribution < -0.4 is 4.90 Å². The molecule has 314 valence electrons. The van der Waals surface area contributed by atoms with Crippen LogP contribution in [0.15, 0.2) is 30.3 Å². The monoisotopic (exact) mass is 1090 g/mol. The van der Waals surface area contributed by atoms with E-state index < -0.39 is 59.3 Å². The number of hydrogen-bond acceptors (Lipinski definition) is 13. The quantitative estimate of drug-likeness (QED) is 0.255. The van der Waals surface area contributed by atoms with Crippen molar-refractivity contribution in [2.45, 2.75) is 129 Å². The molecule has 0 aromatic heterocycles. The van der Waals surface area contributed by atoms with Crippen LogP contribution in [0.25, 0.3) is 0 Å². The second kappa shape index (κ2) is 24.9. The SMILES string of the molecule is CC(C)[O][Sn]1([CH3])[O]CCN(c2ccccc2)CC[O]1.CC(C)[O][Sn]12[O]C(C)CN(CC(C)[O]1)CC(C)[O]2.CCCCN1CC[O][Sn]([CH3])([O]C(C)C)[O]CC1. The molecule has 5 aliphatic rings. The van der Waals surface area contributed by atoms with Gasteiger partial charge in [-0.25, -0.2) is 0 Å². The van der Waals surface area contributed by atoms with Gasteiger partial charge in [-0.15, -0.1) is 0 Å². The molecule has 5 heterocycles. The van der Waals surface area contributed by atoms with Gasteiger partial charge in [-0.3, -0.25) is 0 Å². The van der Waals surface area contributed by atoms with Crippen molar-refractivity contribution in [2.75, 3.05) is 83.7 Å². The van der Waals surface area contributed by atoms with Crippen molar-refractivity contribution < 1.29 is 30.7 Å². The van der Waals surface area contributed by atoms with E-state index in [1.807, 2.05) is 52.5 Å². The van der Waals surface area contributed by atoms with Gasteiger partial charge in [0.2, 0.25) is 0 Å². The zero-order chi connectivity index (χ0) is 39.8. The number of unbranched alkanes of at least 4 members (excludes halogenated alkanes) is 1. The van der Waals surface area contributed by atoms with E-state index in [0.717, 1.165) is 65.6 Å². The first-order chi connectivity index (χ1) is 25.5. The molecule has 0 amide bonds.